The minimum Gasteiger partial charge on any atom is -0.491 e. The zero-order valence-electron chi connectivity index (χ0n) is 19.0. The highest BCUT2D eigenvalue weighted by Gasteiger charge is 2.62. The van der Waals surface area contributed by atoms with Crippen LogP contribution >= 0.6 is 0 Å². The number of nitrogens with one attached hydrogen (secondary N) is 1. The average molecular weight is 462 g/mol. The highest BCUT2D eigenvalue weighted by Crippen LogP contribution is 2.58. The monoisotopic (exact) mass is 461 g/mol. The summed E-state index contributed by atoms with van der Waals surface area (Å²) in [4.78, 5) is 0. The first-order chi connectivity index (χ1) is 15.7. The van der Waals surface area contributed by atoms with Crippen LogP contribution in [0.1, 0.15) is 63.0 Å². The lowest BCUT2D eigenvalue weighted by molar-refractivity contribution is -0.274. The van der Waals surface area contributed by atoms with Gasteiger partial charge in [-0.3, -0.25) is 0 Å². The molecule has 1 spiro atoms. The summed E-state index contributed by atoms with van der Waals surface area (Å²) in [6.07, 6.45) is -0.0807. The third-order valence-electron chi connectivity index (χ3n) is 7.41. The number of fused-ring (bicyclic) bond motifs is 3. The topological polar surface area (TPSA) is 39.7 Å². The summed E-state index contributed by atoms with van der Waals surface area (Å²) in [5.74, 6) is 0.275. The van der Waals surface area contributed by atoms with E-state index in [0.29, 0.717) is 30.4 Å². The van der Waals surface area contributed by atoms with Gasteiger partial charge in [0.15, 0.2) is 0 Å². The van der Waals surface area contributed by atoms with Crippen LogP contribution < -0.4 is 14.8 Å². The van der Waals surface area contributed by atoms with Crippen LogP contribution in [0, 0.1) is 0 Å². The fourth-order valence-corrected chi connectivity index (χ4v) is 6.14. The summed E-state index contributed by atoms with van der Waals surface area (Å²) in [7, 11) is 0. The van der Waals surface area contributed by atoms with Crippen molar-refractivity contribution in [3.8, 4) is 11.5 Å². The fraction of sp³-hybridized carbons (Fsp3) is 0.538. The number of hydrogen-bond acceptors (Lipinski definition) is 4. The molecule has 3 aliphatic heterocycles. The van der Waals surface area contributed by atoms with Crippen molar-refractivity contribution in [2.24, 2.45) is 0 Å². The Bertz CT molecular complexity index is 996. The van der Waals surface area contributed by atoms with E-state index < -0.39 is 12.0 Å². The SMILES string of the molecule is CC(C)Oc1ccc(OC(F)(F)F)cc1[C@H]1CO[C@]2(CC[C@H]3CC[C@]2(c2ccccc2)N3)C1. The Morgan fingerprint density at radius 3 is 2.55 bits per heavy atom. The second kappa shape index (κ2) is 8.20. The van der Waals surface area contributed by atoms with Gasteiger partial charge in [-0.2, -0.15) is 0 Å². The predicted molar refractivity (Wildman–Crippen MR) is 118 cm³/mol. The molecular weight excluding hydrogens is 431 g/mol. The van der Waals surface area contributed by atoms with Gasteiger partial charge < -0.3 is 19.5 Å². The summed E-state index contributed by atoms with van der Waals surface area (Å²) in [5.41, 5.74) is 1.24. The summed E-state index contributed by atoms with van der Waals surface area (Å²) in [5, 5.41) is 3.88. The Hall–Kier alpha value is -2.25. The van der Waals surface area contributed by atoms with Crippen LogP contribution in [-0.2, 0) is 10.3 Å². The van der Waals surface area contributed by atoms with Gasteiger partial charge >= 0.3 is 6.36 Å². The molecule has 3 saturated heterocycles. The van der Waals surface area contributed by atoms with Crippen molar-refractivity contribution in [2.75, 3.05) is 6.61 Å². The van der Waals surface area contributed by atoms with Crippen LogP contribution in [0.25, 0.3) is 0 Å². The molecule has 3 fully saturated rings. The molecule has 4 nitrogen and oxygen atoms in total. The smallest absolute Gasteiger partial charge is 0.491 e. The Labute approximate surface area is 192 Å². The number of halogens is 3. The molecule has 0 saturated carbocycles. The van der Waals surface area contributed by atoms with Gasteiger partial charge in [0.25, 0.3) is 0 Å². The molecule has 0 aliphatic carbocycles. The van der Waals surface area contributed by atoms with E-state index in [-0.39, 0.29) is 23.3 Å². The number of benzene rings is 2. The maximum absolute atomic E-state index is 12.9. The summed E-state index contributed by atoms with van der Waals surface area (Å²) >= 11 is 0. The van der Waals surface area contributed by atoms with E-state index in [1.807, 2.05) is 19.9 Å². The van der Waals surface area contributed by atoms with Gasteiger partial charge in [0.2, 0.25) is 0 Å². The second-order valence-electron chi connectivity index (χ2n) is 9.81. The van der Waals surface area contributed by atoms with Crippen LogP contribution in [-0.4, -0.2) is 30.7 Å². The van der Waals surface area contributed by atoms with Crippen LogP contribution in [0.15, 0.2) is 48.5 Å². The zero-order valence-corrected chi connectivity index (χ0v) is 19.0. The predicted octanol–water partition coefficient (Wildman–Crippen LogP) is 6.06. The number of hydrogen-bond donors (Lipinski definition) is 1. The number of alkyl halides is 3. The molecule has 3 aliphatic rings. The molecule has 0 aromatic heterocycles. The molecule has 2 aromatic carbocycles. The molecule has 178 valence electrons. The first-order valence-electron chi connectivity index (χ1n) is 11.7. The molecule has 1 N–H and O–H groups in total. The van der Waals surface area contributed by atoms with Crippen LogP contribution in [0.5, 0.6) is 11.5 Å². The summed E-state index contributed by atoms with van der Waals surface area (Å²) in [6, 6.07) is 15.3. The lowest BCUT2D eigenvalue weighted by Crippen LogP contribution is -2.61. The molecule has 5 rings (SSSR count). The Morgan fingerprint density at radius 1 is 1.06 bits per heavy atom. The highest BCUT2D eigenvalue weighted by molar-refractivity contribution is 5.44. The van der Waals surface area contributed by atoms with Gasteiger partial charge in [0.1, 0.15) is 11.5 Å². The summed E-state index contributed by atoms with van der Waals surface area (Å²) < 4.78 is 55.6. The molecule has 4 atom stereocenters. The number of ether oxygens (including phenoxy) is 3. The lowest BCUT2D eigenvalue weighted by atomic mass is 9.67. The first-order valence-corrected chi connectivity index (χ1v) is 11.7. The van der Waals surface area contributed by atoms with Gasteiger partial charge in [-0.15, -0.1) is 13.2 Å². The normalized spacial score (nSPS) is 31.3. The Morgan fingerprint density at radius 2 is 1.82 bits per heavy atom. The molecule has 2 aromatic rings. The van der Waals surface area contributed by atoms with Gasteiger partial charge in [-0.1, -0.05) is 30.3 Å². The highest BCUT2D eigenvalue weighted by atomic mass is 19.4. The van der Waals surface area contributed by atoms with E-state index in [4.69, 9.17) is 9.47 Å². The van der Waals surface area contributed by atoms with Crippen LogP contribution in [0.4, 0.5) is 13.2 Å². The van der Waals surface area contributed by atoms with Crippen LogP contribution in [0.2, 0.25) is 0 Å². The van der Waals surface area contributed by atoms with Crippen molar-refractivity contribution >= 4 is 0 Å². The average Bonchev–Trinajstić information content (AvgIpc) is 3.35. The van der Waals surface area contributed by atoms with E-state index in [0.717, 1.165) is 25.7 Å². The zero-order chi connectivity index (χ0) is 23.3. The molecule has 7 heteroatoms. The van der Waals surface area contributed by atoms with Gasteiger partial charge in [-0.25, -0.2) is 0 Å². The van der Waals surface area contributed by atoms with Gasteiger partial charge in [0, 0.05) is 17.5 Å². The maximum Gasteiger partial charge on any atom is 0.573 e. The third kappa shape index (κ3) is 4.10. The Kier molecular flexibility index (Phi) is 5.60. The minimum absolute atomic E-state index is 0.0879. The third-order valence-corrected chi connectivity index (χ3v) is 7.41. The molecule has 3 heterocycles. The molecule has 0 unspecified atom stereocenters. The molecular formula is C26H30F3NO3. The molecule has 2 bridgehead atoms. The number of rotatable bonds is 5. The standard InChI is InChI=1S/C26H30F3NO3/c1-17(2)32-23-9-8-21(33-26(27,28)29)14-22(23)18-15-24(31-16-18)12-10-20-11-13-25(24,30-20)19-6-4-3-5-7-19/h3-9,14,17-18,20,30H,10-13,15-16H2,1-2H3/t18-,20+,24-,25-/m1/s1. The van der Waals surface area contributed by atoms with E-state index in [1.165, 1.54) is 17.7 Å². The second-order valence-corrected chi connectivity index (χ2v) is 9.81. The summed E-state index contributed by atoms with van der Waals surface area (Å²) in [6.45, 7) is 4.25. The van der Waals surface area contributed by atoms with Crippen molar-refractivity contribution in [1.29, 1.82) is 0 Å². The number of piperidine rings is 1. The van der Waals surface area contributed by atoms with Crippen molar-refractivity contribution in [3.05, 3.63) is 59.7 Å². The van der Waals surface area contributed by atoms with E-state index in [2.05, 4.69) is 34.3 Å². The van der Waals surface area contributed by atoms with Crippen LogP contribution in [0.3, 0.4) is 0 Å². The first kappa shape index (κ1) is 22.5. The quantitative estimate of drug-likeness (QED) is 0.588. The van der Waals surface area contributed by atoms with E-state index in [1.54, 1.807) is 6.07 Å². The van der Waals surface area contributed by atoms with Crippen molar-refractivity contribution in [2.45, 2.75) is 81.5 Å². The van der Waals surface area contributed by atoms with Crippen molar-refractivity contribution < 1.29 is 27.4 Å². The lowest BCUT2D eigenvalue weighted by Gasteiger charge is -2.50. The minimum atomic E-state index is -4.74. The molecule has 0 amide bonds. The van der Waals surface area contributed by atoms with Crippen molar-refractivity contribution in [1.82, 2.24) is 5.32 Å². The maximum atomic E-state index is 12.9. The van der Waals surface area contributed by atoms with E-state index >= 15 is 0 Å². The van der Waals surface area contributed by atoms with Gasteiger partial charge in [-0.05, 0) is 69.7 Å². The molecule has 0 radical (unpaired) electrons. The fourth-order valence-electron chi connectivity index (χ4n) is 6.14. The van der Waals surface area contributed by atoms with E-state index in [9.17, 15) is 13.2 Å². The van der Waals surface area contributed by atoms with Crippen molar-refractivity contribution in [3.63, 3.8) is 0 Å². The molecule has 33 heavy (non-hydrogen) atoms. The Balaban J connectivity index is 1.50. The largest absolute Gasteiger partial charge is 0.573 e. The van der Waals surface area contributed by atoms with Gasteiger partial charge in [0.05, 0.1) is 23.9 Å².